The van der Waals surface area contributed by atoms with Gasteiger partial charge in [-0.15, -0.1) is 0 Å². The molecule has 0 bridgehead atoms. The maximum Gasteiger partial charge on any atom is 0.341 e. The van der Waals surface area contributed by atoms with Gasteiger partial charge in [0.05, 0.1) is 55.5 Å². The average molecular weight is 1100 g/mol. The highest BCUT2D eigenvalue weighted by Crippen LogP contribution is 2.40. The fourth-order valence-electron chi connectivity index (χ4n) is 10.8. The summed E-state index contributed by atoms with van der Waals surface area (Å²) in [6.07, 6.45) is 0. The van der Waals surface area contributed by atoms with Gasteiger partial charge in [0.15, 0.2) is 13.2 Å². The fourth-order valence-corrected chi connectivity index (χ4v) is 10.8. The van der Waals surface area contributed by atoms with Gasteiger partial charge in [0.1, 0.15) is 11.5 Å². The molecular formula is C67H54N7O9. The predicted molar refractivity (Wildman–Crippen MR) is 320 cm³/mol. The highest BCUT2D eigenvalue weighted by molar-refractivity contribution is 6.21. The first-order chi connectivity index (χ1) is 40.1. The van der Waals surface area contributed by atoms with E-state index in [4.69, 9.17) is 36.9 Å². The lowest BCUT2D eigenvalue weighted by Gasteiger charge is -2.11. The number of carboxylic acid groups (broad SMARTS) is 2. The number of rotatable bonds is 15. The number of hydrogen-bond acceptors (Lipinski definition) is 8. The van der Waals surface area contributed by atoms with Crippen molar-refractivity contribution in [3.63, 3.8) is 0 Å². The normalized spacial score (nSPS) is 11.0. The van der Waals surface area contributed by atoms with Crippen molar-refractivity contribution in [2.45, 2.75) is 33.5 Å². The van der Waals surface area contributed by atoms with Crippen molar-refractivity contribution in [2.75, 3.05) is 13.2 Å². The lowest BCUT2D eigenvalue weighted by atomic mass is 10.1. The van der Waals surface area contributed by atoms with Gasteiger partial charge in [0.2, 0.25) is 17.7 Å². The van der Waals surface area contributed by atoms with Gasteiger partial charge in [0.25, 0.3) is 0 Å². The highest BCUT2D eigenvalue weighted by Gasteiger charge is 2.23. The van der Waals surface area contributed by atoms with Crippen LogP contribution in [0.25, 0.3) is 65.4 Å². The number of aromatic nitrogens is 3. The molecular weight excluding hydrogens is 1050 g/mol. The van der Waals surface area contributed by atoms with E-state index in [1.807, 2.05) is 83.4 Å². The average Bonchev–Trinajstić information content (AvgIpc) is 2.56. The summed E-state index contributed by atoms with van der Waals surface area (Å²) in [5, 5.41) is 31.7. The zero-order valence-corrected chi connectivity index (χ0v) is 45.1. The van der Waals surface area contributed by atoms with Crippen LogP contribution < -0.4 is 26.7 Å². The molecule has 16 nitrogen and oxygen atoms in total. The van der Waals surface area contributed by atoms with E-state index in [1.165, 1.54) is 11.1 Å². The van der Waals surface area contributed by atoms with Gasteiger partial charge in [-0.05, 0) is 121 Å². The molecule has 1 radical (unpaired) electrons. The standard InChI is InChI=1S/C23H17N3O4.C23H20N2O4.C21H17N2O/c24-11-14-4-1-5-15(10-14)12-26-17-7-2-6-16(23(25)29)21(17)22-18(26)8-3-9-19(22)30-13-20(27)28;1-14-6-2-3-7-15(14)12-25-17-9-4-8-16(23(24)28)21(17)22-18(25)10-5-11-19(22)29-13-20(26)27;1-14-6-4-7-15(12-14)13-23-18-10-3-2-8-16(18)20-17(21(22)24)9-5-11-19(20)23/h1-10H,12-13H2,(H2,25,29)(H,27,28);2-11H,12-13H2,1H3,(H2,24,28)(H,26,27);2-7,9-12H,13H2,1H3,(H2,22,24). The summed E-state index contributed by atoms with van der Waals surface area (Å²) < 4.78 is 17.4. The third kappa shape index (κ3) is 11.2. The van der Waals surface area contributed by atoms with E-state index < -0.39 is 42.9 Å². The number of nitriles is 1. The predicted octanol–water partition coefficient (Wildman–Crippen LogP) is 11.0. The van der Waals surface area contributed by atoms with Crippen LogP contribution in [0.4, 0.5) is 0 Å². The molecule has 0 unspecified atom stereocenters. The first-order valence-corrected chi connectivity index (χ1v) is 26.3. The Kier molecular flexibility index (Phi) is 15.7. The summed E-state index contributed by atoms with van der Waals surface area (Å²) in [6.45, 7) is 4.95. The summed E-state index contributed by atoms with van der Waals surface area (Å²) in [7, 11) is 0. The summed E-state index contributed by atoms with van der Waals surface area (Å²) in [6, 6.07) is 62.3. The monoisotopic (exact) mass is 1100 g/mol. The molecule has 0 spiro atoms. The highest BCUT2D eigenvalue weighted by atomic mass is 16.5. The van der Waals surface area contributed by atoms with E-state index >= 15 is 0 Å². The minimum Gasteiger partial charge on any atom is -0.481 e. The van der Waals surface area contributed by atoms with Crippen LogP contribution in [0.15, 0.2) is 182 Å². The molecule has 3 amide bonds. The lowest BCUT2D eigenvalue weighted by Crippen LogP contribution is -2.11. The number of primary amides is 3. The van der Waals surface area contributed by atoms with E-state index in [9.17, 15) is 29.2 Å². The zero-order valence-electron chi connectivity index (χ0n) is 45.1. The second kappa shape index (κ2) is 23.7. The minimum absolute atomic E-state index is 0.327. The summed E-state index contributed by atoms with van der Waals surface area (Å²) >= 11 is 0. The molecule has 3 heterocycles. The number of nitrogens with zero attached hydrogens (tertiary/aromatic N) is 4. The van der Waals surface area contributed by atoms with Crippen molar-refractivity contribution in [3.05, 3.63) is 238 Å². The van der Waals surface area contributed by atoms with Crippen LogP contribution in [0.5, 0.6) is 11.5 Å². The van der Waals surface area contributed by atoms with Gasteiger partial charge in [-0.3, -0.25) is 14.4 Å². The van der Waals surface area contributed by atoms with Gasteiger partial charge in [0, 0.05) is 57.9 Å². The smallest absolute Gasteiger partial charge is 0.341 e. The number of carboxylic acids is 2. The number of benzene rings is 9. The first kappa shape index (κ1) is 55.1. The molecule has 12 aromatic rings. The molecule has 0 aliphatic carbocycles. The van der Waals surface area contributed by atoms with Crippen LogP contribution >= 0.6 is 0 Å². The van der Waals surface area contributed by atoms with Crippen LogP contribution in [-0.2, 0) is 29.2 Å². The van der Waals surface area contributed by atoms with Gasteiger partial charge >= 0.3 is 11.9 Å². The Balaban J connectivity index is 0.000000140. The van der Waals surface area contributed by atoms with Gasteiger partial charge in [-0.2, -0.15) is 5.26 Å². The number of carbonyl (C=O) groups excluding carboxylic acids is 3. The second-order valence-electron chi connectivity index (χ2n) is 19.8. The summed E-state index contributed by atoms with van der Waals surface area (Å²) in [5.74, 6) is -2.93. The van der Waals surface area contributed by atoms with Crippen LogP contribution in [0.1, 0.15) is 64.5 Å². The van der Waals surface area contributed by atoms with Crippen LogP contribution in [0, 0.1) is 31.2 Å². The molecule has 0 aliphatic heterocycles. The van der Waals surface area contributed by atoms with E-state index in [1.54, 1.807) is 60.7 Å². The SMILES string of the molecule is Cc1cccc(Cn2c3ccc[c]c3c3c(C(N)=O)cccc32)c1.Cc1ccccc1Cn1c2cccc(OCC(=O)O)c2c2c(C(N)=O)cccc21.N#Cc1cccc(Cn2c3cccc(OCC(=O)O)c3c3c(C(N)=O)cccc32)c1. The molecule has 0 aliphatic rings. The molecule has 3 aromatic heterocycles. The zero-order chi connectivity index (χ0) is 58.5. The molecule has 0 saturated heterocycles. The molecule has 9 aromatic carbocycles. The second-order valence-corrected chi connectivity index (χ2v) is 19.8. The summed E-state index contributed by atoms with van der Waals surface area (Å²) in [4.78, 5) is 58.2. The Morgan fingerprint density at radius 1 is 0.482 bits per heavy atom. The number of amides is 3. The molecule has 12 rings (SSSR count). The Bertz CT molecular complexity index is 4600. The maximum absolute atomic E-state index is 12.1. The molecule has 16 heteroatoms. The van der Waals surface area contributed by atoms with E-state index in [0.717, 1.165) is 67.1 Å². The number of fused-ring (bicyclic) bond motifs is 9. The van der Waals surface area contributed by atoms with E-state index in [-0.39, 0.29) is 0 Å². The van der Waals surface area contributed by atoms with Crippen molar-refractivity contribution >= 4 is 95.1 Å². The largest absolute Gasteiger partial charge is 0.481 e. The van der Waals surface area contributed by atoms with Crippen molar-refractivity contribution in [2.24, 2.45) is 17.2 Å². The number of aliphatic carboxylic acids is 2. The topological polar surface area (TPSA) is 261 Å². The third-order valence-corrected chi connectivity index (χ3v) is 14.4. The Morgan fingerprint density at radius 2 is 0.916 bits per heavy atom. The number of nitrogens with two attached hydrogens (primary N) is 3. The van der Waals surface area contributed by atoms with Crippen molar-refractivity contribution in [3.8, 4) is 17.6 Å². The van der Waals surface area contributed by atoms with Gasteiger partial charge < -0.3 is 50.6 Å². The molecule has 411 valence electrons. The number of carbonyl (C=O) groups is 5. The quantitative estimate of drug-likeness (QED) is 0.0648. The number of ether oxygens (including phenoxy) is 2. The number of aryl methyl sites for hydroxylation is 2. The maximum atomic E-state index is 12.1. The van der Waals surface area contributed by atoms with Crippen molar-refractivity contribution in [1.29, 1.82) is 5.26 Å². The Labute approximate surface area is 475 Å². The van der Waals surface area contributed by atoms with Gasteiger partial charge in [-0.1, -0.05) is 109 Å². The molecule has 0 fully saturated rings. The molecule has 0 saturated carbocycles. The van der Waals surface area contributed by atoms with Crippen LogP contribution in [0.2, 0.25) is 0 Å². The molecule has 83 heavy (non-hydrogen) atoms. The third-order valence-electron chi connectivity index (χ3n) is 14.4. The van der Waals surface area contributed by atoms with E-state index in [2.05, 4.69) is 77.6 Å². The van der Waals surface area contributed by atoms with Gasteiger partial charge in [-0.25, -0.2) is 9.59 Å². The van der Waals surface area contributed by atoms with Crippen LogP contribution in [0.3, 0.4) is 0 Å². The number of hydrogen-bond donors (Lipinski definition) is 5. The van der Waals surface area contributed by atoms with Crippen molar-refractivity contribution in [1.82, 2.24) is 13.7 Å². The first-order valence-electron chi connectivity index (χ1n) is 26.3. The lowest BCUT2D eigenvalue weighted by molar-refractivity contribution is -0.140. The summed E-state index contributed by atoms with van der Waals surface area (Å²) in [5.41, 5.74) is 29.6. The Hall–Kier alpha value is -11.2. The molecule has 8 N–H and O–H groups in total. The fraction of sp³-hybridized carbons (Fsp3) is 0.104. The van der Waals surface area contributed by atoms with E-state index in [0.29, 0.717) is 68.4 Å². The molecule has 0 atom stereocenters. The van der Waals surface area contributed by atoms with Crippen molar-refractivity contribution < 1.29 is 43.7 Å². The van der Waals surface area contributed by atoms with Crippen LogP contribution in [-0.4, -0.2) is 66.8 Å². The minimum atomic E-state index is -1.10. The Morgan fingerprint density at radius 3 is 1.42 bits per heavy atom.